The number of aryl methyl sites for hydroxylation is 1. The smallest absolute Gasteiger partial charge is 0.119 e. The van der Waals surface area contributed by atoms with Gasteiger partial charge in [0.2, 0.25) is 0 Å². The monoisotopic (exact) mass is 325 g/mol. The summed E-state index contributed by atoms with van der Waals surface area (Å²) in [5.41, 5.74) is 1.21. The summed E-state index contributed by atoms with van der Waals surface area (Å²) in [6.07, 6.45) is 5.37. The first-order chi connectivity index (χ1) is 9.15. The molecular weight excluding hydrogens is 302 g/mol. The van der Waals surface area contributed by atoms with Crippen LogP contribution in [0.1, 0.15) is 38.2 Å². The number of halogens is 1. The lowest BCUT2D eigenvalue weighted by molar-refractivity contribution is 0.270. The van der Waals surface area contributed by atoms with Gasteiger partial charge < -0.3 is 10.1 Å². The van der Waals surface area contributed by atoms with Gasteiger partial charge in [-0.1, -0.05) is 22.9 Å². The second kappa shape index (κ2) is 7.30. The molecule has 0 heterocycles. The second-order valence-corrected chi connectivity index (χ2v) is 6.52. The van der Waals surface area contributed by atoms with Crippen LogP contribution in [0.5, 0.6) is 5.75 Å². The summed E-state index contributed by atoms with van der Waals surface area (Å²) < 4.78 is 6.90. The van der Waals surface area contributed by atoms with Crippen molar-refractivity contribution in [3.63, 3.8) is 0 Å². The lowest BCUT2D eigenvalue weighted by atomic mass is 9.87. The Labute approximate surface area is 125 Å². The molecule has 0 aromatic heterocycles. The maximum absolute atomic E-state index is 5.77. The van der Waals surface area contributed by atoms with Gasteiger partial charge in [0, 0.05) is 17.1 Å². The molecule has 106 valence electrons. The maximum atomic E-state index is 5.77. The Balaban J connectivity index is 1.65. The molecule has 1 aliphatic carbocycles. The van der Waals surface area contributed by atoms with Crippen LogP contribution >= 0.6 is 15.9 Å². The summed E-state index contributed by atoms with van der Waals surface area (Å²) in [5.74, 6) is 1.87. The number of ether oxygens (including phenoxy) is 1. The zero-order valence-corrected chi connectivity index (χ0v) is 13.5. The fourth-order valence-corrected chi connectivity index (χ4v) is 2.85. The Hall–Kier alpha value is -0.540. The molecular formula is C16H24BrNO. The van der Waals surface area contributed by atoms with Crippen LogP contribution in [0.15, 0.2) is 22.7 Å². The lowest BCUT2D eigenvalue weighted by Gasteiger charge is -2.27. The van der Waals surface area contributed by atoms with Crippen LogP contribution in [-0.4, -0.2) is 19.2 Å². The van der Waals surface area contributed by atoms with Gasteiger partial charge in [0.1, 0.15) is 12.4 Å². The van der Waals surface area contributed by atoms with Crippen LogP contribution in [0.4, 0.5) is 0 Å². The van der Waals surface area contributed by atoms with Crippen molar-refractivity contribution in [2.45, 2.75) is 45.6 Å². The van der Waals surface area contributed by atoms with Crippen LogP contribution in [0.25, 0.3) is 0 Å². The topological polar surface area (TPSA) is 21.3 Å². The van der Waals surface area contributed by atoms with Gasteiger partial charge >= 0.3 is 0 Å². The molecule has 3 heteroatoms. The molecule has 0 aliphatic heterocycles. The van der Waals surface area contributed by atoms with Crippen LogP contribution in [0.2, 0.25) is 0 Å². The third-order valence-electron chi connectivity index (χ3n) is 3.95. The average Bonchev–Trinajstić information content (AvgIpc) is 2.41. The van der Waals surface area contributed by atoms with E-state index in [1.807, 2.05) is 12.1 Å². The zero-order valence-electron chi connectivity index (χ0n) is 11.9. The molecule has 0 amide bonds. The largest absolute Gasteiger partial charge is 0.492 e. The molecule has 0 saturated heterocycles. The van der Waals surface area contributed by atoms with Crippen molar-refractivity contribution in [2.24, 2.45) is 5.92 Å². The predicted molar refractivity (Wildman–Crippen MR) is 83.8 cm³/mol. The third kappa shape index (κ3) is 4.81. The lowest BCUT2D eigenvalue weighted by Crippen LogP contribution is -2.35. The first-order valence-electron chi connectivity index (χ1n) is 7.27. The SMILES string of the molecule is Cc1cc(OCCNC2CCC(C)CC2)ccc1Br. The predicted octanol–water partition coefficient (Wildman–Crippen LogP) is 4.30. The number of rotatable bonds is 5. The number of hydrogen-bond donors (Lipinski definition) is 1. The van der Waals surface area contributed by atoms with Crippen LogP contribution in [0.3, 0.4) is 0 Å². The maximum Gasteiger partial charge on any atom is 0.119 e. The zero-order chi connectivity index (χ0) is 13.7. The molecule has 0 spiro atoms. The normalized spacial score (nSPS) is 23.3. The fraction of sp³-hybridized carbons (Fsp3) is 0.625. The molecule has 1 aliphatic rings. The molecule has 1 aromatic carbocycles. The summed E-state index contributed by atoms with van der Waals surface area (Å²) in [7, 11) is 0. The van der Waals surface area contributed by atoms with E-state index in [1.165, 1.54) is 31.2 Å². The Morgan fingerprint density at radius 3 is 2.68 bits per heavy atom. The van der Waals surface area contributed by atoms with E-state index in [0.717, 1.165) is 29.3 Å². The van der Waals surface area contributed by atoms with E-state index >= 15 is 0 Å². The van der Waals surface area contributed by atoms with Gasteiger partial charge in [-0.2, -0.15) is 0 Å². The van der Waals surface area contributed by atoms with Crippen molar-refractivity contribution in [2.75, 3.05) is 13.2 Å². The first-order valence-corrected chi connectivity index (χ1v) is 8.07. The van der Waals surface area contributed by atoms with E-state index in [-0.39, 0.29) is 0 Å². The van der Waals surface area contributed by atoms with E-state index in [1.54, 1.807) is 0 Å². The summed E-state index contributed by atoms with van der Waals surface area (Å²) in [5, 5.41) is 3.60. The van der Waals surface area contributed by atoms with Crippen molar-refractivity contribution in [1.82, 2.24) is 5.32 Å². The standard InChI is InChI=1S/C16H24BrNO/c1-12-3-5-14(6-4-12)18-9-10-19-15-7-8-16(17)13(2)11-15/h7-8,11-12,14,18H,3-6,9-10H2,1-2H3. The molecule has 1 aromatic rings. The van der Waals surface area contributed by atoms with E-state index in [2.05, 4.69) is 41.2 Å². The van der Waals surface area contributed by atoms with Gasteiger partial charge in [-0.05, 0) is 62.3 Å². The second-order valence-electron chi connectivity index (χ2n) is 5.67. The van der Waals surface area contributed by atoms with Crippen molar-refractivity contribution in [1.29, 1.82) is 0 Å². The van der Waals surface area contributed by atoms with Gasteiger partial charge in [0.15, 0.2) is 0 Å². The molecule has 0 radical (unpaired) electrons. The summed E-state index contributed by atoms with van der Waals surface area (Å²) in [4.78, 5) is 0. The summed E-state index contributed by atoms with van der Waals surface area (Å²) in [6.45, 7) is 6.12. The van der Waals surface area contributed by atoms with Gasteiger partial charge in [-0.15, -0.1) is 0 Å². The quantitative estimate of drug-likeness (QED) is 0.815. The van der Waals surface area contributed by atoms with Crippen LogP contribution in [-0.2, 0) is 0 Å². The number of nitrogens with one attached hydrogen (secondary N) is 1. The molecule has 2 rings (SSSR count). The summed E-state index contributed by atoms with van der Waals surface area (Å²) >= 11 is 3.50. The Morgan fingerprint density at radius 1 is 1.26 bits per heavy atom. The van der Waals surface area contributed by atoms with Gasteiger partial charge in [-0.25, -0.2) is 0 Å². The van der Waals surface area contributed by atoms with Gasteiger partial charge in [-0.3, -0.25) is 0 Å². The minimum absolute atomic E-state index is 0.700. The summed E-state index contributed by atoms with van der Waals surface area (Å²) in [6, 6.07) is 6.83. The van der Waals surface area contributed by atoms with Gasteiger partial charge in [0.05, 0.1) is 0 Å². The van der Waals surface area contributed by atoms with E-state index in [0.29, 0.717) is 6.04 Å². The molecule has 1 N–H and O–H groups in total. The Kier molecular flexibility index (Phi) is 5.71. The molecule has 1 saturated carbocycles. The number of benzene rings is 1. The molecule has 2 nitrogen and oxygen atoms in total. The third-order valence-corrected chi connectivity index (χ3v) is 4.84. The molecule has 19 heavy (non-hydrogen) atoms. The van der Waals surface area contributed by atoms with Crippen LogP contribution < -0.4 is 10.1 Å². The van der Waals surface area contributed by atoms with Gasteiger partial charge in [0.25, 0.3) is 0 Å². The molecule has 0 atom stereocenters. The van der Waals surface area contributed by atoms with E-state index in [9.17, 15) is 0 Å². The highest BCUT2D eigenvalue weighted by atomic mass is 79.9. The van der Waals surface area contributed by atoms with Crippen molar-refractivity contribution < 1.29 is 4.74 Å². The van der Waals surface area contributed by atoms with Crippen molar-refractivity contribution in [3.8, 4) is 5.75 Å². The average molecular weight is 326 g/mol. The fourth-order valence-electron chi connectivity index (χ4n) is 2.60. The van der Waals surface area contributed by atoms with E-state index in [4.69, 9.17) is 4.74 Å². The highest BCUT2D eigenvalue weighted by molar-refractivity contribution is 9.10. The minimum Gasteiger partial charge on any atom is -0.492 e. The Morgan fingerprint density at radius 2 is 2.00 bits per heavy atom. The highest BCUT2D eigenvalue weighted by Gasteiger charge is 2.17. The van der Waals surface area contributed by atoms with Crippen molar-refractivity contribution >= 4 is 15.9 Å². The first kappa shape index (κ1) is 14.9. The molecule has 0 unspecified atom stereocenters. The highest BCUT2D eigenvalue weighted by Crippen LogP contribution is 2.23. The Bertz CT molecular complexity index is 400. The molecule has 0 bridgehead atoms. The number of hydrogen-bond acceptors (Lipinski definition) is 2. The molecule has 1 fully saturated rings. The van der Waals surface area contributed by atoms with Crippen LogP contribution in [0, 0.1) is 12.8 Å². The van der Waals surface area contributed by atoms with E-state index < -0.39 is 0 Å². The minimum atomic E-state index is 0.700. The van der Waals surface area contributed by atoms with Crippen molar-refractivity contribution in [3.05, 3.63) is 28.2 Å².